The summed E-state index contributed by atoms with van der Waals surface area (Å²) in [5.74, 6) is -0.836. The molecule has 0 aromatic rings. The van der Waals surface area contributed by atoms with Crippen LogP contribution < -0.4 is 5.32 Å². The van der Waals surface area contributed by atoms with Gasteiger partial charge in [0.15, 0.2) is 0 Å². The molecule has 2 atom stereocenters. The number of rotatable bonds is 4. The Hall–Kier alpha value is -0.570. The van der Waals surface area contributed by atoms with Crippen LogP contribution in [0.5, 0.6) is 0 Å². The van der Waals surface area contributed by atoms with Crippen LogP contribution in [0.25, 0.3) is 0 Å². The molecule has 11 heavy (non-hydrogen) atoms. The number of aliphatic carboxylic acids is 1. The van der Waals surface area contributed by atoms with Gasteiger partial charge in [0.1, 0.15) is 0 Å². The highest BCUT2D eigenvalue weighted by Gasteiger charge is 2.26. The topological polar surface area (TPSA) is 49.3 Å². The summed E-state index contributed by atoms with van der Waals surface area (Å²) in [6.07, 6.45) is 0. The molecule has 0 heterocycles. The van der Waals surface area contributed by atoms with E-state index in [9.17, 15) is 4.79 Å². The second-order valence-corrected chi connectivity index (χ2v) is 3.19. The fraction of sp³-hybridized carbons (Fsp3) is 0.875. The highest BCUT2D eigenvalue weighted by molar-refractivity contribution is 5.71. The fourth-order valence-corrected chi connectivity index (χ4v) is 1.26. The van der Waals surface area contributed by atoms with E-state index in [1.54, 1.807) is 7.05 Å². The molecule has 0 rings (SSSR count). The van der Waals surface area contributed by atoms with Gasteiger partial charge in [-0.25, -0.2) is 0 Å². The molecule has 66 valence electrons. The SMILES string of the molecule is CNC(C)C(C(=O)O)C(C)C. The van der Waals surface area contributed by atoms with Gasteiger partial charge in [0, 0.05) is 6.04 Å². The van der Waals surface area contributed by atoms with Crippen LogP contribution in [0.15, 0.2) is 0 Å². The Morgan fingerprint density at radius 2 is 1.82 bits per heavy atom. The molecule has 0 saturated carbocycles. The van der Waals surface area contributed by atoms with Gasteiger partial charge in [0.25, 0.3) is 0 Å². The normalized spacial score (nSPS) is 16.5. The summed E-state index contributed by atoms with van der Waals surface area (Å²) in [6, 6.07) is 0.0347. The average molecular weight is 159 g/mol. The van der Waals surface area contributed by atoms with Gasteiger partial charge >= 0.3 is 5.97 Å². The Morgan fingerprint density at radius 1 is 1.36 bits per heavy atom. The van der Waals surface area contributed by atoms with Gasteiger partial charge in [-0.1, -0.05) is 13.8 Å². The standard InChI is InChI=1S/C8H17NO2/c1-5(2)7(8(10)11)6(3)9-4/h5-7,9H,1-4H3,(H,10,11). The van der Waals surface area contributed by atoms with E-state index in [0.717, 1.165) is 0 Å². The van der Waals surface area contributed by atoms with Gasteiger partial charge in [0.2, 0.25) is 0 Å². The molecule has 0 bridgehead atoms. The minimum absolute atomic E-state index is 0.0347. The van der Waals surface area contributed by atoms with E-state index < -0.39 is 5.97 Å². The zero-order valence-electron chi connectivity index (χ0n) is 7.59. The Balaban J connectivity index is 4.21. The van der Waals surface area contributed by atoms with Crippen molar-refractivity contribution in [2.45, 2.75) is 26.8 Å². The largest absolute Gasteiger partial charge is 0.481 e. The Bertz CT molecular complexity index is 134. The van der Waals surface area contributed by atoms with Gasteiger partial charge in [-0.05, 0) is 19.9 Å². The molecule has 0 aromatic carbocycles. The van der Waals surface area contributed by atoms with Crippen LogP contribution in [-0.2, 0) is 4.79 Å². The van der Waals surface area contributed by atoms with Crippen LogP contribution in [0, 0.1) is 11.8 Å². The quantitative estimate of drug-likeness (QED) is 0.642. The van der Waals surface area contributed by atoms with Crippen LogP contribution in [0.2, 0.25) is 0 Å². The van der Waals surface area contributed by atoms with Crippen molar-refractivity contribution in [3.05, 3.63) is 0 Å². The van der Waals surface area contributed by atoms with Crippen LogP contribution in [0.3, 0.4) is 0 Å². The first-order valence-corrected chi connectivity index (χ1v) is 3.90. The first kappa shape index (κ1) is 10.4. The summed E-state index contributed by atoms with van der Waals surface area (Å²) in [6.45, 7) is 5.73. The molecule has 0 radical (unpaired) electrons. The molecule has 0 aliphatic rings. The molecular weight excluding hydrogens is 142 g/mol. The predicted molar refractivity (Wildman–Crippen MR) is 44.5 cm³/mol. The number of hydrogen-bond acceptors (Lipinski definition) is 2. The third-order valence-electron chi connectivity index (χ3n) is 2.00. The lowest BCUT2D eigenvalue weighted by Crippen LogP contribution is -2.38. The first-order chi connectivity index (χ1) is 5.00. The van der Waals surface area contributed by atoms with Gasteiger partial charge in [-0.2, -0.15) is 0 Å². The lowest BCUT2D eigenvalue weighted by molar-refractivity contribution is -0.144. The highest BCUT2D eigenvalue weighted by atomic mass is 16.4. The Labute approximate surface area is 67.8 Å². The lowest BCUT2D eigenvalue weighted by atomic mass is 9.90. The Kier molecular flexibility index (Phi) is 4.11. The second kappa shape index (κ2) is 4.34. The van der Waals surface area contributed by atoms with Gasteiger partial charge in [-0.3, -0.25) is 4.79 Å². The molecule has 0 fully saturated rings. The molecule has 0 aliphatic carbocycles. The zero-order chi connectivity index (χ0) is 9.02. The number of hydrogen-bond donors (Lipinski definition) is 2. The summed E-state index contributed by atoms with van der Waals surface area (Å²) in [5, 5.41) is 11.8. The van der Waals surface area contributed by atoms with Crippen LogP contribution in [0.1, 0.15) is 20.8 Å². The molecule has 3 nitrogen and oxygen atoms in total. The number of carboxylic acid groups (broad SMARTS) is 1. The Morgan fingerprint density at radius 3 is 1.91 bits per heavy atom. The fourth-order valence-electron chi connectivity index (χ4n) is 1.26. The number of carbonyl (C=O) groups is 1. The maximum absolute atomic E-state index is 10.7. The van der Waals surface area contributed by atoms with E-state index in [-0.39, 0.29) is 17.9 Å². The summed E-state index contributed by atoms with van der Waals surface area (Å²) in [7, 11) is 1.78. The van der Waals surface area contributed by atoms with Crippen LogP contribution in [-0.4, -0.2) is 24.2 Å². The number of carboxylic acids is 1. The molecule has 0 saturated heterocycles. The maximum Gasteiger partial charge on any atom is 0.308 e. The van der Waals surface area contributed by atoms with Crippen molar-refractivity contribution in [1.82, 2.24) is 5.32 Å². The van der Waals surface area contributed by atoms with Gasteiger partial charge < -0.3 is 10.4 Å². The van der Waals surface area contributed by atoms with Gasteiger partial charge in [0.05, 0.1) is 5.92 Å². The minimum Gasteiger partial charge on any atom is -0.481 e. The van der Waals surface area contributed by atoms with Gasteiger partial charge in [-0.15, -0.1) is 0 Å². The van der Waals surface area contributed by atoms with E-state index >= 15 is 0 Å². The smallest absolute Gasteiger partial charge is 0.308 e. The van der Waals surface area contributed by atoms with E-state index in [2.05, 4.69) is 5.32 Å². The highest BCUT2D eigenvalue weighted by Crippen LogP contribution is 2.14. The van der Waals surface area contributed by atoms with E-state index in [1.165, 1.54) is 0 Å². The van der Waals surface area contributed by atoms with Crippen molar-refractivity contribution >= 4 is 5.97 Å². The lowest BCUT2D eigenvalue weighted by Gasteiger charge is -2.22. The number of nitrogens with one attached hydrogen (secondary N) is 1. The first-order valence-electron chi connectivity index (χ1n) is 3.90. The molecular formula is C8H17NO2. The summed E-state index contributed by atoms with van der Waals surface area (Å²) >= 11 is 0. The third kappa shape index (κ3) is 2.89. The predicted octanol–water partition coefficient (Wildman–Crippen LogP) is 0.951. The van der Waals surface area contributed by atoms with Crippen molar-refractivity contribution < 1.29 is 9.90 Å². The third-order valence-corrected chi connectivity index (χ3v) is 2.00. The summed E-state index contributed by atoms with van der Waals surface area (Å²) in [5.41, 5.74) is 0. The van der Waals surface area contributed by atoms with Crippen LogP contribution in [0.4, 0.5) is 0 Å². The minimum atomic E-state index is -0.721. The summed E-state index contributed by atoms with van der Waals surface area (Å²) in [4.78, 5) is 10.7. The summed E-state index contributed by atoms with van der Waals surface area (Å²) < 4.78 is 0. The van der Waals surface area contributed by atoms with E-state index in [0.29, 0.717) is 0 Å². The van der Waals surface area contributed by atoms with Crippen molar-refractivity contribution in [3.8, 4) is 0 Å². The monoisotopic (exact) mass is 159 g/mol. The van der Waals surface area contributed by atoms with Crippen molar-refractivity contribution in [1.29, 1.82) is 0 Å². The zero-order valence-corrected chi connectivity index (χ0v) is 7.59. The van der Waals surface area contributed by atoms with Crippen molar-refractivity contribution in [2.24, 2.45) is 11.8 Å². The average Bonchev–Trinajstić information content (AvgIpc) is 1.85. The van der Waals surface area contributed by atoms with Crippen molar-refractivity contribution in [2.75, 3.05) is 7.05 Å². The molecule has 2 N–H and O–H groups in total. The molecule has 0 spiro atoms. The molecule has 0 aliphatic heterocycles. The maximum atomic E-state index is 10.7. The molecule has 0 amide bonds. The van der Waals surface area contributed by atoms with E-state index in [4.69, 9.17) is 5.11 Å². The second-order valence-electron chi connectivity index (χ2n) is 3.19. The van der Waals surface area contributed by atoms with Crippen molar-refractivity contribution in [3.63, 3.8) is 0 Å². The molecule has 0 aromatic heterocycles. The van der Waals surface area contributed by atoms with E-state index in [1.807, 2.05) is 20.8 Å². The van der Waals surface area contributed by atoms with Crippen LogP contribution >= 0.6 is 0 Å². The molecule has 3 heteroatoms. The molecule has 2 unspecified atom stereocenters.